The molecule has 0 aliphatic carbocycles. The molecule has 1 aromatic rings. The van der Waals surface area contributed by atoms with Crippen LogP contribution in [0.2, 0.25) is 0 Å². The molecule has 0 aromatic heterocycles. The fourth-order valence-electron chi connectivity index (χ4n) is 2.62. The van der Waals surface area contributed by atoms with Gasteiger partial charge in [-0.1, -0.05) is 6.07 Å². The zero-order chi connectivity index (χ0) is 15.2. The van der Waals surface area contributed by atoms with Crippen LogP contribution in [0.4, 0.5) is 11.4 Å². The maximum atomic E-state index is 12.0. The van der Waals surface area contributed by atoms with E-state index in [1.54, 1.807) is 0 Å². The summed E-state index contributed by atoms with van der Waals surface area (Å²) in [5.74, 6) is 0.778. The molecule has 0 saturated carbocycles. The third-order valence-corrected chi connectivity index (χ3v) is 4.25. The summed E-state index contributed by atoms with van der Waals surface area (Å²) in [7, 11) is 2.07. The second-order valence-corrected chi connectivity index (χ2v) is 6.20. The van der Waals surface area contributed by atoms with Crippen LogP contribution >= 0.6 is 24.8 Å². The highest BCUT2D eigenvalue weighted by Gasteiger charge is 2.15. The summed E-state index contributed by atoms with van der Waals surface area (Å²) in [6.45, 7) is 6.46. The van der Waals surface area contributed by atoms with E-state index in [0.29, 0.717) is 18.4 Å². The Bertz CT molecular complexity index is 477. The van der Waals surface area contributed by atoms with E-state index in [-0.39, 0.29) is 30.7 Å². The second kappa shape index (κ2) is 10.7. The fourth-order valence-corrected chi connectivity index (χ4v) is 2.62. The van der Waals surface area contributed by atoms with E-state index < -0.39 is 0 Å². The topological polar surface area (TPSA) is 44.4 Å². The van der Waals surface area contributed by atoms with Crippen molar-refractivity contribution in [2.75, 3.05) is 30.4 Å². The summed E-state index contributed by atoms with van der Waals surface area (Å²) >= 11 is 0. The van der Waals surface area contributed by atoms with Crippen LogP contribution in [0.3, 0.4) is 0 Å². The third kappa shape index (κ3) is 6.98. The van der Waals surface area contributed by atoms with Gasteiger partial charge >= 0.3 is 0 Å². The molecule has 1 aromatic carbocycles. The van der Waals surface area contributed by atoms with Gasteiger partial charge in [0.1, 0.15) is 0 Å². The molecule has 1 unspecified atom stereocenters. The van der Waals surface area contributed by atoms with Gasteiger partial charge in [0.15, 0.2) is 0 Å². The molecule has 1 amide bonds. The van der Waals surface area contributed by atoms with E-state index in [1.807, 2.05) is 18.2 Å². The predicted molar refractivity (Wildman–Crippen MR) is 103 cm³/mol. The van der Waals surface area contributed by atoms with Crippen LogP contribution in [-0.4, -0.2) is 32.1 Å². The number of hydrogen-bond acceptors (Lipinski definition) is 3. The van der Waals surface area contributed by atoms with Crippen molar-refractivity contribution in [3.8, 4) is 0 Å². The number of nitrogens with zero attached hydrogens (tertiary/aromatic N) is 1. The van der Waals surface area contributed by atoms with Gasteiger partial charge in [0.05, 0.1) is 0 Å². The zero-order valence-corrected chi connectivity index (χ0v) is 15.8. The molecule has 23 heavy (non-hydrogen) atoms. The number of nitrogens with one attached hydrogen (secondary N) is 2. The number of anilines is 2. The SMILES string of the molecule is CC(C)N(C)c1cccc(NC(=O)CCC2CCNC2)c1.Cl.Cl. The quantitative estimate of drug-likeness (QED) is 0.811. The minimum atomic E-state index is 0. The smallest absolute Gasteiger partial charge is 0.224 e. The highest BCUT2D eigenvalue weighted by atomic mass is 35.5. The number of carbonyl (C=O) groups excluding carboxylic acids is 1. The van der Waals surface area contributed by atoms with Crippen LogP contribution in [0.1, 0.15) is 33.1 Å². The summed E-state index contributed by atoms with van der Waals surface area (Å²) in [6.07, 6.45) is 2.78. The second-order valence-electron chi connectivity index (χ2n) is 6.20. The van der Waals surface area contributed by atoms with E-state index in [9.17, 15) is 4.79 Å². The summed E-state index contributed by atoms with van der Waals surface area (Å²) in [4.78, 5) is 14.2. The van der Waals surface area contributed by atoms with Crippen LogP contribution < -0.4 is 15.5 Å². The number of halogens is 2. The van der Waals surface area contributed by atoms with Gasteiger partial charge in [-0.2, -0.15) is 0 Å². The van der Waals surface area contributed by atoms with Crippen molar-refractivity contribution in [2.24, 2.45) is 5.92 Å². The van der Waals surface area contributed by atoms with Gasteiger partial charge in [-0.25, -0.2) is 0 Å². The standard InChI is InChI=1S/C17H27N3O.2ClH/c1-13(2)20(3)16-6-4-5-15(11-16)19-17(21)8-7-14-9-10-18-12-14;;/h4-6,11,13-14,18H,7-10,12H2,1-3H3,(H,19,21);2*1H. The van der Waals surface area contributed by atoms with Gasteiger partial charge in [-0.05, 0) is 63.9 Å². The van der Waals surface area contributed by atoms with Crippen molar-refractivity contribution < 1.29 is 4.79 Å². The highest BCUT2D eigenvalue weighted by Crippen LogP contribution is 2.21. The lowest BCUT2D eigenvalue weighted by Gasteiger charge is -2.24. The summed E-state index contributed by atoms with van der Waals surface area (Å²) in [5, 5.41) is 6.35. The zero-order valence-electron chi connectivity index (χ0n) is 14.2. The molecule has 2 rings (SSSR count). The molecule has 2 N–H and O–H groups in total. The number of hydrogen-bond donors (Lipinski definition) is 2. The summed E-state index contributed by atoms with van der Waals surface area (Å²) in [6, 6.07) is 8.48. The lowest BCUT2D eigenvalue weighted by atomic mass is 10.0. The molecule has 0 spiro atoms. The monoisotopic (exact) mass is 361 g/mol. The number of benzene rings is 1. The van der Waals surface area contributed by atoms with E-state index in [1.165, 1.54) is 6.42 Å². The fraction of sp³-hybridized carbons (Fsp3) is 0.588. The molecule has 1 aliphatic rings. The molecular weight excluding hydrogens is 333 g/mol. The maximum Gasteiger partial charge on any atom is 0.224 e. The minimum absolute atomic E-state index is 0. The predicted octanol–water partition coefficient (Wildman–Crippen LogP) is 3.70. The molecule has 1 heterocycles. The molecule has 1 atom stereocenters. The third-order valence-electron chi connectivity index (χ3n) is 4.25. The lowest BCUT2D eigenvalue weighted by molar-refractivity contribution is -0.116. The Kier molecular flexibility index (Phi) is 10.3. The van der Waals surface area contributed by atoms with Crippen molar-refractivity contribution in [1.82, 2.24) is 5.32 Å². The number of carbonyl (C=O) groups is 1. The normalized spacial score (nSPS) is 16.4. The highest BCUT2D eigenvalue weighted by molar-refractivity contribution is 5.91. The lowest BCUT2D eigenvalue weighted by Crippen LogP contribution is -2.25. The largest absolute Gasteiger partial charge is 0.372 e. The molecule has 1 fully saturated rings. The summed E-state index contributed by atoms with van der Waals surface area (Å²) < 4.78 is 0. The van der Waals surface area contributed by atoms with Crippen molar-refractivity contribution in [2.45, 2.75) is 39.2 Å². The van der Waals surface area contributed by atoms with Gasteiger partial charge < -0.3 is 15.5 Å². The molecule has 4 nitrogen and oxygen atoms in total. The molecular formula is C17H29Cl2N3O. The maximum absolute atomic E-state index is 12.0. The Morgan fingerprint density at radius 3 is 2.74 bits per heavy atom. The van der Waals surface area contributed by atoms with Crippen molar-refractivity contribution in [3.05, 3.63) is 24.3 Å². The summed E-state index contributed by atoms with van der Waals surface area (Å²) in [5.41, 5.74) is 2.01. The number of amides is 1. The Balaban J connectivity index is 0.00000242. The van der Waals surface area contributed by atoms with Crippen LogP contribution in [0.5, 0.6) is 0 Å². The van der Waals surface area contributed by atoms with E-state index in [2.05, 4.69) is 42.5 Å². The van der Waals surface area contributed by atoms with Crippen LogP contribution in [0.15, 0.2) is 24.3 Å². The molecule has 6 heteroatoms. The van der Waals surface area contributed by atoms with Gasteiger partial charge in [0.2, 0.25) is 5.91 Å². The van der Waals surface area contributed by atoms with Gasteiger partial charge in [-0.3, -0.25) is 4.79 Å². The average Bonchev–Trinajstić information content (AvgIpc) is 2.98. The van der Waals surface area contributed by atoms with Crippen LogP contribution in [0, 0.1) is 5.92 Å². The van der Waals surface area contributed by atoms with E-state index in [4.69, 9.17) is 0 Å². The van der Waals surface area contributed by atoms with Crippen LogP contribution in [-0.2, 0) is 4.79 Å². The first-order valence-electron chi connectivity index (χ1n) is 7.89. The van der Waals surface area contributed by atoms with E-state index in [0.717, 1.165) is 30.9 Å². The Morgan fingerprint density at radius 2 is 2.13 bits per heavy atom. The number of rotatable bonds is 6. The molecule has 1 saturated heterocycles. The van der Waals surface area contributed by atoms with Gasteiger partial charge in [-0.15, -0.1) is 24.8 Å². The Labute approximate surface area is 152 Å². The van der Waals surface area contributed by atoms with Crippen molar-refractivity contribution in [3.63, 3.8) is 0 Å². The average molecular weight is 362 g/mol. The molecule has 0 bridgehead atoms. The first kappa shape index (κ1) is 22.0. The van der Waals surface area contributed by atoms with Crippen molar-refractivity contribution >= 4 is 42.1 Å². The Hall–Kier alpha value is -0.970. The van der Waals surface area contributed by atoms with Gasteiger partial charge in [0.25, 0.3) is 0 Å². The minimum Gasteiger partial charge on any atom is -0.372 e. The first-order chi connectivity index (χ1) is 10.1. The van der Waals surface area contributed by atoms with E-state index >= 15 is 0 Å². The van der Waals surface area contributed by atoms with Crippen molar-refractivity contribution in [1.29, 1.82) is 0 Å². The molecule has 1 aliphatic heterocycles. The van der Waals surface area contributed by atoms with Gasteiger partial charge in [0, 0.05) is 30.9 Å². The molecule has 0 radical (unpaired) electrons. The Morgan fingerprint density at radius 1 is 1.39 bits per heavy atom. The van der Waals surface area contributed by atoms with Crippen LogP contribution in [0.25, 0.3) is 0 Å². The molecule has 132 valence electrons. The first-order valence-corrected chi connectivity index (χ1v) is 7.89.